The summed E-state index contributed by atoms with van der Waals surface area (Å²) >= 11 is 3.39. The molecule has 0 spiro atoms. The molecule has 126 valence electrons. The molecular weight excluding hydrogens is 382 g/mol. The number of pyridine rings is 3. The molecule has 3 aromatic rings. The number of nitrogens with one attached hydrogen (secondary N) is 1. The van der Waals surface area contributed by atoms with Crippen LogP contribution in [0.1, 0.15) is 17.1 Å². The van der Waals surface area contributed by atoms with Gasteiger partial charge >= 0.3 is 0 Å². The molecule has 0 atom stereocenters. The zero-order valence-corrected chi connectivity index (χ0v) is 15.3. The summed E-state index contributed by atoms with van der Waals surface area (Å²) in [5.41, 5.74) is 10.4. The summed E-state index contributed by atoms with van der Waals surface area (Å²) in [6.45, 7) is 1.88. The molecular formula is C18H16BrN5O. The molecule has 0 aromatic carbocycles. The molecule has 0 saturated carbocycles. The molecule has 6 nitrogen and oxygen atoms in total. The molecule has 0 amide bonds. The normalized spacial score (nSPS) is 12.0. The Kier molecular flexibility index (Phi) is 4.76. The third kappa shape index (κ3) is 3.51. The lowest BCUT2D eigenvalue weighted by Crippen LogP contribution is -2.13. The lowest BCUT2D eigenvalue weighted by molar-refractivity contribution is 0.405. The quantitative estimate of drug-likeness (QED) is 0.520. The van der Waals surface area contributed by atoms with E-state index < -0.39 is 0 Å². The fraction of sp³-hybridized carbons (Fsp3) is 0.111. The van der Waals surface area contributed by atoms with E-state index in [0.717, 1.165) is 15.7 Å². The summed E-state index contributed by atoms with van der Waals surface area (Å²) in [5, 5.41) is 8.16. The van der Waals surface area contributed by atoms with Crippen LogP contribution in [-0.2, 0) is 4.74 Å². The molecule has 7 heteroatoms. The minimum atomic E-state index is -0.0735. The Hall–Kier alpha value is -2.80. The molecule has 0 fully saturated rings. The third-order valence-electron chi connectivity index (χ3n) is 3.62. The Balaban J connectivity index is 2.22. The molecule has 3 rings (SSSR count). The highest BCUT2D eigenvalue weighted by molar-refractivity contribution is 9.10. The predicted molar refractivity (Wildman–Crippen MR) is 102 cm³/mol. The van der Waals surface area contributed by atoms with Gasteiger partial charge in [-0.3, -0.25) is 15.4 Å². The average Bonchev–Trinajstić information content (AvgIpc) is 2.61. The van der Waals surface area contributed by atoms with Gasteiger partial charge in [0.1, 0.15) is 0 Å². The molecule has 3 N–H and O–H groups in total. The van der Waals surface area contributed by atoms with Crippen molar-refractivity contribution in [1.82, 2.24) is 15.0 Å². The molecule has 3 heterocycles. The van der Waals surface area contributed by atoms with E-state index in [4.69, 9.17) is 15.9 Å². The number of ether oxygens (including phenoxy) is 1. The molecule has 0 unspecified atom stereocenters. The van der Waals surface area contributed by atoms with Crippen molar-refractivity contribution in [3.63, 3.8) is 0 Å². The first-order valence-electron chi connectivity index (χ1n) is 7.49. The van der Waals surface area contributed by atoms with Crippen molar-refractivity contribution < 1.29 is 4.74 Å². The van der Waals surface area contributed by atoms with Gasteiger partial charge in [-0.2, -0.15) is 0 Å². The number of nitrogens with zero attached hydrogens (tertiary/aromatic N) is 3. The summed E-state index contributed by atoms with van der Waals surface area (Å²) in [7, 11) is 1.43. The lowest BCUT2D eigenvalue weighted by atomic mass is 10.1. The highest BCUT2D eigenvalue weighted by atomic mass is 79.9. The summed E-state index contributed by atoms with van der Waals surface area (Å²) < 4.78 is 5.95. The summed E-state index contributed by atoms with van der Waals surface area (Å²) in [6, 6.07) is 11.0. The van der Waals surface area contributed by atoms with Gasteiger partial charge < -0.3 is 10.5 Å². The Morgan fingerprint density at radius 1 is 1.12 bits per heavy atom. The van der Waals surface area contributed by atoms with Gasteiger partial charge in [0.2, 0.25) is 5.90 Å². The van der Waals surface area contributed by atoms with E-state index in [2.05, 4.69) is 30.9 Å². The molecule has 0 bridgehead atoms. The fourth-order valence-corrected chi connectivity index (χ4v) is 2.74. The molecule has 0 aliphatic rings. The minimum absolute atomic E-state index is 0.0735. The van der Waals surface area contributed by atoms with Crippen LogP contribution >= 0.6 is 15.9 Å². The van der Waals surface area contributed by atoms with Crippen LogP contribution in [0.4, 0.5) is 0 Å². The van der Waals surface area contributed by atoms with Crippen molar-refractivity contribution in [2.75, 3.05) is 7.11 Å². The second-order valence-corrected chi connectivity index (χ2v) is 6.29. The number of fused-ring (bicyclic) bond motifs is 1. The van der Waals surface area contributed by atoms with Crippen LogP contribution in [0, 0.1) is 12.3 Å². The average molecular weight is 398 g/mol. The smallest absolute Gasteiger partial charge is 0.217 e. The van der Waals surface area contributed by atoms with Crippen LogP contribution < -0.4 is 5.73 Å². The minimum Gasteiger partial charge on any atom is -0.481 e. The predicted octanol–water partition coefficient (Wildman–Crippen LogP) is 3.55. The van der Waals surface area contributed by atoms with Gasteiger partial charge in [-0.15, -0.1) is 0 Å². The molecule has 3 aromatic heterocycles. The van der Waals surface area contributed by atoms with Crippen LogP contribution in [0.25, 0.3) is 22.3 Å². The number of rotatable bonds is 3. The van der Waals surface area contributed by atoms with Gasteiger partial charge in [-0.25, -0.2) is 4.98 Å². The molecule has 0 saturated heterocycles. The summed E-state index contributed by atoms with van der Waals surface area (Å²) in [5.74, 6) is -0.0735. The van der Waals surface area contributed by atoms with E-state index in [-0.39, 0.29) is 5.90 Å². The van der Waals surface area contributed by atoms with Crippen LogP contribution in [0.2, 0.25) is 0 Å². The fourth-order valence-electron chi connectivity index (χ4n) is 2.42. The lowest BCUT2D eigenvalue weighted by Gasteiger charge is -2.13. The zero-order valence-electron chi connectivity index (χ0n) is 13.7. The Bertz CT molecular complexity index is 1000. The van der Waals surface area contributed by atoms with Crippen LogP contribution in [0.3, 0.4) is 0 Å². The van der Waals surface area contributed by atoms with Crippen LogP contribution in [0.5, 0.6) is 0 Å². The van der Waals surface area contributed by atoms with E-state index >= 15 is 0 Å². The standard InChI is InChI=1S/C18H16BrN5O/c1-10-4-3-5-14(23-10)17(20)16(18(21)25-2)13-7-6-12-15(24-13)8-11(19)9-22-12/h3-9,21H,20H2,1-2H3. The molecule has 0 aliphatic heterocycles. The maximum absolute atomic E-state index is 8.16. The van der Waals surface area contributed by atoms with E-state index in [1.165, 1.54) is 7.11 Å². The van der Waals surface area contributed by atoms with Crippen molar-refractivity contribution in [2.45, 2.75) is 6.92 Å². The van der Waals surface area contributed by atoms with Gasteiger partial charge in [0, 0.05) is 16.4 Å². The number of aryl methyl sites for hydroxylation is 1. The largest absolute Gasteiger partial charge is 0.481 e. The topological polar surface area (TPSA) is 97.8 Å². The highest BCUT2D eigenvalue weighted by Gasteiger charge is 2.18. The van der Waals surface area contributed by atoms with Crippen LogP contribution in [0.15, 0.2) is 47.1 Å². The Morgan fingerprint density at radius 2 is 1.92 bits per heavy atom. The molecule has 0 radical (unpaired) electrons. The number of hydrogen-bond acceptors (Lipinski definition) is 6. The van der Waals surface area contributed by atoms with Gasteiger partial charge in [-0.1, -0.05) is 6.07 Å². The van der Waals surface area contributed by atoms with Crippen molar-refractivity contribution in [2.24, 2.45) is 5.73 Å². The summed E-state index contributed by atoms with van der Waals surface area (Å²) in [4.78, 5) is 13.3. The van der Waals surface area contributed by atoms with E-state index in [1.54, 1.807) is 18.3 Å². The Morgan fingerprint density at radius 3 is 2.64 bits per heavy atom. The first-order chi connectivity index (χ1) is 12.0. The van der Waals surface area contributed by atoms with Gasteiger partial charge in [0.15, 0.2) is 0 Å². The Labute approximate surface area is 153 Å². The molecule has 0 aliphatic carbocycles. The summed E-state index contributed by atoms with van der Waals surface area (Å²) in [6.07, 6.45) is 1.71. The van der Waals surface area contributed by atoms with Crippen molar-refractivity contribution >= 4 is 44.1 Å². The number of hydrogen-bond donors (Lipinski definition) is 2. The second-order valence-electron chi connectivity index (χ2n) is 5.37. The van der Waals surface area contributed by atoms with Gasteiger partial charge in [-0.05, 0) is 53.2 Å². The van der Waals surface area contributed by atoms with E-state index in [0.29, 0.717) is 28.2 Å². The maximum atomic E-state index is 8.16. The number of nitrogens with two attached hydrogens (primary N) is 1. The number of aromatic nitrogens is 3. The van der Waals surface area contributed by atoms with Crippen molar-refractivity contribution in [3.8, 4) is 0 Å². The van der Waals surface area contributed by atoms with Crippen molar-refractivity contribution in [3.05, 3.63) is 64.1 Å². The van der Waals surface area contributed by atoms with Crippen molar-refractivity contribution in [1.29, 1.82) is 5.41 Å². The van der Waals surface area contributed by atoms with E-state index in [1.807, 2.05) is 31.2 Å². The first kappa shape index (κ1) is 17.0. The SMILES string of the molecule is COC(=N)C(=C(N)c1cccc(C)n1)c1ccc2ncc(Br)cc2n1. The van der Waals surface area contributed by atoms with Crippen LogP contribution in [-0.4, -0.2) is 28.0 Å². The van der Waals surface area contributed by atoms with E-state index in [9.17, 15) is 0 Å². The van der Waals surface area contributed by atoms with Gasteiger partial charge in [0.05, 0.1) is 40.8 Å². The highest BCUT2D eigenvalue weighted by Crippen LogP contribution is 2.25. The zero-order chi connectivity index (χ0) is 18.0. The number of halogens is 1. The monoisotopic (exact) mass is 397 g/mol. The number of methoxy groups -OCH3 is 1. The van der Waals surface area contributed by atoms with Gasteiger partial charge in [0.25, 0.3) is 0 Å². The maximum Gasteiger partial charge on any atom is 0.217 e. The second kappa shape index (κ2) is 6.98. The molecule has 25 heavy (non-hydrogen) atoms. The first-order valence-corrected chi connectivity index (χ1v) is 8.28. The third-order valence-corrected chi connectivity index (χ3v) is 4.06.